The summed E-state index contributed by atoms with van der Waals surface area (Å²) >= 11 is 1.64. The molecule has 1 nitrogen and oxygen atoms in total. The van der Waals surface area contributed by atoms with E-state index in [9.17, 15) is 4.79 Å². The zero-order valence-electron chi connectivity index (χ0n) is 11.2. The Labute approximate surface area is 109 Å². The molecule has 94 valence electrons. The molecule has 0 N–H and O–H groups in total. The quantitative estimate of drug-likeness (QED) is 0.717. The van der Waals surface area contributed by atoms with E-state index in [0.717, 1.165) is 6.42 Å². The molecule has 0 aliphatic carbocycles. The number of rotatable bonds is 5. The zero-order chi connectivity index (χ0) is 12.9. The third-order valence-corrected chi connectivity index (χ3v) is 3.65. The van der Waals surface area contributed by atoms with E-state index in [1.165, 1.54) is 10.5 Å². The minimum atomic E-state index is 0.254. The summed E-state index contributed by atoms with van der Waals surface area (Å²) in [5, 5.41) is 0. The van der Waals surface area contributed by atoms with E-state index >= 15 is 0 Å². The van der Waals surface area contributed by atoms with Crippen LogP contribution in [0.2, 0.25) is 0 Å². The van der Waals surface area contributed by atoms with Crippen molar-refractivity contribution >= 4 is 17.5 Å². The Bertz CT molecular complexity index is 360. The Morgan fingerprint density at radius 3 is 2.29 bits per heavy atom. The highest BCUT2D eigenvalue weighted by Crippen LogP contribution is 2.23. The standard InChI is InChI=1S/C15H22OS/c1-12-5-7-14(8-6-12)17-11-13(16)9-10-15(2,3)4/h5-8H,9-11H2,1-4H3. The fourth-order valence-electron chi connectivity index (χ4n) is 1.38. The van der Waals surface area contributed by atoms with Gasteiger partial charge in [-0.05, 0) is 30.9 Å². The first kappa shape index (κ1) is 14.3. The Morgan fingerprint density at radius 1 is 1.18 bits per heavy atom. The van der Waals surface area contributed by atoms with Crippen molar-refractivity contribution in [1.82, 2.24) is 0 Å². The van der Waals surface area contributed by atoms with E-state index in [1.807, 2.05) is 0 Å². The lowest BCUT2D eigenvalue weighted by molar-refractivity contribution is -0.117. The molecule has 0 radical (unpaired) electrons. The van der Waals surface area contributed by atoms with Gasteiger partial charge in [0, 0.05) is 11.3 Å². The molecular weight excluding hydrogens is 228 g/mol. The maximum Gasteiger partial charge on any atom is 0.143 e. The van der Waals surface area contributed by atoms with Crippen LogP contribution in [-0.2, 0) is 4.79 Å². The average Bonchev–Trinajstić information content (AvgIpc) is 2.25. The minimum absolute atomic E-state index is 0.254. The predicted molar refractivity (Wildman–Crippen MR) is 75.6 cm³/mol. The lowest BCUT2D eigenvalue weighted by atomic mass is 9.90. The van der Waals surface area contributed by atoms with E-state index < -0.39 is 0 Å². The number of carbonyl (C=O) groups is 1. The summed E-state index contributed by atoms with van der Waals surface area (Å²) in [6, 6.07) is 8.33. The number of Topliss-reactive ketones (excluding diaryl/α,β-unsaturated/α-hetero) is 1. The summed E-state index contributed by atoms with van der Waals surface area (Å²) in [6.45, 7) is 8.59. The van der Waals surface area contributed by atoms with Gasteiger partial charge in [0.15, 0.2) is 0 Å². The number of hydrogen-bond donors (Lipinski definition) is 0. The molecule has 0 aliphatic rings. The molecule has 1 rings (SSSR count). The third kappa shape index (κ3) is 6.52. The molecular formula is C15H22OS. The molecule has 0 aromatic heterocycles. The van der Waals surface area contributed by atoms with Gasteiger partial charge in [0.25, 0.3) is 0 Å². The smallest absolute Gasteiger partial charge is 0.143 e. The Balaban J connectivity index is 2.31. The van der Waals surface area contributed by atoms with Crippen LogP contribution < -0.4 is 0 Å². The Morgan fingerprint density at radius 2 is 1.76 bits per heavy atom. The SMILES string of the molecule is Cc1ccc(SCC(=O)CCC(C)(C)C)cc1. The molecule has 2 heteroatoms. The van der Waals surface area contributed by atoms with Crippen LogP contribution in [-0.4, -0.2) is 11.5 Å². The van der Waals surface area contributed by atoms with Gasteiger partial charge in [-0.25, -0.2) is 0 Å². The van der Waals surface area contributed by atoms with Gasteiger partial charge in [0.1, 0.15) is 5.78 Å². The van der Waals surface area contributed by atoms with Crippen molar-refractivity contribution in [1.29, 1.82) is 0 Å². The second-order valence-corrected chi connectivity index (χ2v) is 6.75. The second-order valence-electron chi connectivity index (χ2n) is 5.70. The minimum Gasteiger partial charge on any atom is -0.299 e. The molecule has 0 heterocycles. The van der Waals surface area contributed by atoms with Gasteiger partial charge in [-0.15, -0.1) is 11.8 Å². The molecule has 0 saturated heterocycles. The molecule has 17 heavy (non-hydrogen) atoms. The number of hydrogen-bond acceptors (Lipinski definition) is 2. The van der Waals surface area contributed by atoms with Gasteiger partial charge >= 0.3 is 0 Å². The van der Waals surface area contributed by atoms with Gasteiger partial charge in [-0.1, -0.05) is 38.5 Å². The molecule has 1 aromatic carbocycles. The van der Waals surface area contributed by atoms with Crippen molar-refractivity contribution in [2.75, 3.05) is 5.75 Å². The molecule has 0 bridgehead atoms. The van der Waals surface area contributed by atoms with Gasteiger partial charge in [-0.3, -0.25) is 4.79 Å². The van der Waals surface area contributed by atoms with E-state index in [0.29, 0.717) is 18.0 Å². The normalized spacial score (nSPS) is 11.5. The first-order valence-corrected chi connectivity index (χ1v) is 7.06. The van der Waals surface area contributed by atoms with Crippen LogP contribution in [0.15, 0.2) is 29.2 Å². The fourth-order valence-corrected chi connectivity index (χ4v) is 2.19. The number of carbonyl (C=O) groups excluding carboxylic acids is 1. The monoisotopic (exact) mass is 250 g/mol. The second kappa shape index (κ2) is 6.25. The van der Waals surface area contributed by atoms with Crippen molar-refractivity contribution in [2.45, 2.75) is 45.4 Å². The maximum absolute atomic E-state index is 11.7. The zero-order valence-corrected chi connectivity index (χ0v) is 12.1. The lowest BCUT2D eigenvalue weighted by Gasteiger charge is -2.16. The molecule has 0 atom stereocenters. The third-order valence-electron chi connectivity index (χ3n) is 2.57. The highest BCUT2D eigenvalue weighted by atomic mass is 32.2. The van der Waals surface area contributed by atoms with E-state index in [1.54, 1.807) is 11.8 Å². The molecule has 0 aliphatic heterocycles. The predicted octanol–water partition coefficient (Wildman–Crippen LogP) is 4.48. The highest BCUT2D eigenvalue weighted by molar-refractivity contribution is 8.00. The number of thioether (sulfide) groups is 1. The van der Waals surface area contributed by atoms with Crippen molar-refractivity contribution in [3.8, 4) is 0 Å². The van der Waals surface area contributed by atoms with Crippen molar-refractivity contribution in [3.05, 3.63) is 29.8 Å². The van der Waals surface area contributed by atoms with Crippen LogP contribution in [0.1, 0.15) is 39.2 Å². The summed E-state index contributed by atoms with van der Waals surface area (Å²) in [7, 11) is 0. The van der Waals surface area contributed by atoms with Crippen molar-refractivity contribution < 1.29 is 4.79 Å². The highest BCUT2D eigenvalue weighted by Gasteiger charge is 2.12. The molecule has 0 spiro atoms. The molecule has 1 aromatic rings. The van der Waals surface area contributed by atoms with Crippen molar-refractivity contribution in [2.24, 2.45) is 5.41 Å². The first-order chi connectivity index (χ1) is 7.87. The topological polar surface area (TPSA) is 17.1 Å². The maximum atomic E-state index is 11.7. The van der Waals surface area contributed by atoms with Crippen LogP contribution in [0.5, 0.6) is 0 Å². The summed E-state index contributed by atoms with van der Waals surface area (Å²) in [6.07, 6.45) is 1.67. The summed E-state index contributed by atoms with van der Waals surface area (Å²) < 4.78 is 0. The molecule has 0 fully saturated rings. The van der Waals surface area contributed by atoms with Crippen molar-refractivity contribution in [3.63, 3.8) is 0 Å². The number of aryl methyl sites for hydroxylation is 1. The summed E-state index contributed by atoms with van der Waals surface area (Å²) in [5.41, 5.74) is 1.51. The van der Waals surface area contributed by atoms with Crippen LogP contribution in [0.3, 0.4) is 0 Å². The molecule has 0 amide bonds. The van der Waals surface area contributed by atoms with Crippen LogP contribution in [0, 0.1) is 12.3 Å². The van der Waals surface area contributed by atoms with Crippen LogP contribution in [0.25, 0.3) is 0 Å². The van der Waals surface area contributed by atoms with Crippen LogP contribution in [0.4, 0.5) is 0 Å². The summed E-state index contributed by atoms with van der Waals surface area (Å²) in [5.74, 6) is 0.949. The molecule has 0 saturated carbocycles. The van der Waals surface area contributed by atoms with Gasteiger partial charge < -0.3 is 0 Å². The lowest BCUT2D eigenvalue weighted by Crippen LogP contribution is -2.10. The Kier molecular flexibility index (Phi) is 5.26. The van der Waals surface area contributed by atoms with Gasteiger partial charge in [0.2, 0.25) is 0 Å². The fraction of sp³-hybridized carbons (Fsp3) is 0.533. The van der Waals surface area contributed by atoms with E-state index in [-0.39, 0.29) is 5.41 Å². The largest absolute Gasteiger partial charge is 0.299 e. The number of ketones is 1. The number of benzene rings is 1. The van der Waals surface area contributed by atoms with E-state index in [4.69, 9.17) is 0 Å². The first-order valence-electron chi connectivity index (χ1n) is 6.08. The average molecular weight is 250 g/mol. The van der Waals surface area contributed by atoms with Crippen LogP contribution >= 0.6 is 11.8 Å². The van der Waals surface area contributed by atoms with Gasteiger partial charge in [-0.2, -0.15) is 0 Å². The van der Waals surface area contributed by atoms with E-state index in [2.05, 4.69) is 52.0 Å². The molecule has 0 unspecified atom stereocenters. The summed E-state index contributed by atoms with van der Waals surface area (Å²) in [4.78, 5) is 12.9. The Hall–Kier alpha value is -0.760. The van der Waals surface area contributed by atoms with Gasteiger partial charge in [0.05, 0.1) is 5.75 Å².